The quantitative estimate of drug-likeness (QED) is 0.911. The first-order valence-electron chi connectivity index (χ1n) is 6.32. The molecule has 5 nitrogen and oxygen atoms in total. The molecule has 0 spiro atoms. The zero-order valence-electron chi connectivity index (χ0n) is 11.1. The molecule has 0 unspecified atom stereocenters. The molecule has 0 aliphatic rings. The Bertz CT molecular complexity index is 543. The van der Waals surface area contributed by atoms with Crippen molar-refractivity contribution in [3.05, 3.63) is 29.2 Å². The number of hydrogen-bond acceptors (Lipinski definition) is 5. The summed E-state index contributed by atoms with van der Waals surface area (Å²) in [6.45, 7) is 4.60. The minimum Gasteiger partial charge on any atom is -0.338 e. The van der Waals surface area contributed by atoms with E-state index in [1.165, 1.54) is 0 Å². The van der Waals surface area contributed by atoms with Gasteiger partial charge in [0.1, 0.15) is 5.69 Å². The molecule has 2 rings (SSSR count). The van der Waals surface area contributed by atoms with Crippen LogP contribution in [0.5, 0.6) is 0 Å². The number of nitrogens with two attached hydrogens (primary N) is 1. The highest BCUT2D eigenvalue weighted by Gasteiger charge is 2.33. The van der Waals surface area contributed by atoms with E-state index >= 15 is 0 Å². The Labute approximate surface area is 117 Å². The van der Waals surface area contributed by atoms with Gasteiger partial charge < -0.3 is 10.3 Å². The molecule has 0 amide bonds. The lowest BCUT2D eigenvalue weighted by Gasteiger charge is -2.24. The molecule has 6 heteroatoms. The Balaban J connectivity index is 2.42. The van der Waals surface area contributed by atoms with Gasteiger partial charge in [-0.15, -0.1) is 0 Å². The molecule has 2 heterocycles. The highest BCUT2D eigenvalue weighted by Crippen LogP contribution is 2.31. The summed E-state index contributed by atoms with van der Waals surface area (Å²) in [4.78, 5) is 8.59. The van der Waals surface area contributed by atoms with Crippen LogP contribution in [0.2, 0.25) is 5.02 Å². The van der Waals surface area contributed by atoms with E-state index in [1.54, 1.807) is 18.3 Å². The third-order valence-corrected chi connectivity index (χ3v) is 3.90. The Morgan fingerprint density at radius 3 is 2.68 bits per heavy atom. The number of pyridine rings is 1. The molecule has 0 fully saturated rings. The van der Waals surface area contributed by atoms with E-state index in [9.17, 15) is 0 Å². The first kappa shape index (κ1) is 14.0. The Morgan fingerprint density at radius 2 is 2.11 bits per heavy atom. The molecule has 2 N–H and O–H groups in total. The Morgan fingerprint density at radius 1 is 1.37 bits per heavy atom. The van der Waals surface area contributed by atoms with E-state index in [4.69, 9.17) is 21.9 Å². The van der Waals surface area contributed by atoms with Crippen molar-refractivity contribution < 1.29 is 4.52 Å². The number of nitrogens with zero attached hydrogens (tertiary/aromatic N) is 3. The van der Waals surface area contributed by atoms with Crippen molar-refractivity contribution in [2.24, 2.45) is 5.73 Å². The zero-order chi connectivity index (χ0) is 13.9. The highest BCUT2D eigenvalue weighted by atomic mass is 35.5. The summed E-state index contributed by atoms with van der Waals surface area (Å²) >= 11 is 6.08. The van der Waals surface area contributed by atoms with Crippen molar-refractivity contribution in [1.29, 1.82) is 0 Å². The van der Waals surface area contributed by atoms with Crippen LogP contribution in [0.15, 0.2) is 22.9 Å². The monoisotopic (exact) mass is 280 g/mol. The topological polar surface area (TPSA) is 77.8 Å². The molecule has 2 aromatic heterocycles. The zero-order valence-corrected chi connectivity index (χ0v) is 11.8. The summed E-state index contributed by atoms with van der Waals surface area (Å²) < 4.78 is 5.37. The number of halogens is 1. The third kappa shape index (κ3) is 2.48. The maximum atomic E-state index is 6.08. The molecule has 0 aromatic carbocycles. The molecule has 0 saturated heterocycles. The van der Waals surface area contributed by atoms with Crippen LogP contribution in [0.4, 0.5) is 0 Å². The van der Waals surface area contributed by atoms with Crippen LogP contribution in [-0.2, 0) is 5.41 Å². The molecule has 0 radical (unpaired) electrons. The predicted molar refractivity (Wildman–Crippen MR) is 73.9 cm³/mol. The van der Waals surface area contributed by atoms with Gasteiger partial charge in [0.15, 0.2) is 0 Å². The van der Waals surface area contributed by atoms with Crippen LogP contribution in [0, 0.1) is 0 Å². The van der Waals surface area contributed by atoms with Crippen molar-refractivity contribution in [2.75, 3.05) is 6.54 Å². The lowest BCUT2D eigenvalue weighted by atomic mass is 9.82. The maximum Gasteiger partial charge on any atom is 0.234 e. The van der Waals surface area contributed by atoms with Crippen LogP contribution in [0.25, 0.3) is 11.5 Å². The molecule has 0 saturated carbocycles. The van der Waals surface area contributed by atoms with Crippen LogP contribution in [-0.4, -0.2) is 21.7 Å². The molecule has 0 atom stereocenters. The Kier molecular flexibility index (Phi) is 4.17. The standard InChI is InChI=1S/C13H17ClN4O/c1-3-13(4-2,8-15)12-17-11(18-19-12)10-9(14)6-5-7-16-10/h5-7H,3-4,8,15H2,1-2H3. The van der Waals surface area contributed by atoms with Gasteiger partial charge in [0.2, 0.25) is 11.7 Å². The normalized spacial score (nSPS) is 11.8. The smallest absolute Gasteiger partial charge is 0.234 e. The van der Waals surface area contributed by atoms with Crippen LogP contribution in [0.1, 0.15) is 32.6 Å². The summed E-state index contributed by atoms with van der Waals surface area (Å²) in [5.41, 5.74) is 6.12. The number of aromatic nitrogens is 3. The van der Waals surface area contributed by atoms with Crippen molar-refractivity contribution in [2.45, 2.75) is 32.1 Å². The first-order chi connectivity index (χ1) is 9.16. The molecule has 0 aliphatic heterocycles. The lowest BCUT2D eigenvalue weighted by Crippen LogP contribution is -2.34. The summed E-state index contributed by atoms with van der Waals surface area (Å²) in [5.74, 6) is 0.956. The summed E-state index contributed by atoms with van der Waals surface area (Å²) in [7, 11) is 0. The number of hydrogen-bond donors (Lipinski definition) is 1. The van der Waals surface area contributed by atoms with E-state index in [2.05, 4.69) is 29.0 Å². The van der Waals surface area contributed by atoms with Gasteiger partial charge in [-0.25, -0.2) is 0 Å². The second-order valence-corrected chi connectivity index (χ2v) is 4.86. The molecule has 102 valence electrons. The van der Waals surface area contributed by atoms with Gasteiger partial charge in [-0.2, -0.15) is 4.98 Å². The van der Waals surface area contributed by atoms with E-state index in [0.29, 0.717) is 29.0 Å². The van der Waals surface area contributed by atoms with Crippen molar-refractivity contribution in [3.63, 3.8) is 0 Å². The summed E-state index contributed by atoms with van der Waals surface area (Å²) in [5, 5.41) is 4.47. The molecular weight excluding hydrogens is 264 g/mol. The molecule has 2 aromatic rings. The average Bonchev–Trinajstić information content (AvgIpc) is 2.92. The van der Waals surface area contributed by atoms with Crippen molar-refractivity contribution >= 4 is 11.6 Å². The lowest BCUT2D eigenvalue weighted by molar-refractivity contribution is 0.267. The van der Waals surface area contributed by atoms with E-state index in [0.717, 1.165) is 12.8 Å². The van der Waals surface area contributed by atoms with E-state index in [1.807, 2.05) is 0 Å². The van der Waals surface area contributed by atoms with E-state index in [-0.39, 0.29) is 5.41 Å². The minimum absolute atomic E-state index is 0.271. The van der Waals surface area contributed by atoms with Gasteiger partial charge >= 0.3 is 0 Å². The Hall–Kier alpha value is -1.46. The summed E-state index contributed by atoms with van der Waals surface area (Å²) in [6, 6.07) is 3.50. The fourth-order valence-electron chi connectivity index (χ4n) is 2.01. The predicted octanol–water partition coefficient (Wildman–Crippen LogP) is 2.80. The third-order valence-electron chi connectivity index (χ3n) is 3.59. The van der Waals surface area contributed by atoms with Gasteiger partial charge in [0.25, 0.3) is 0 Å². The average molecular weight is 281 g/mol. The molecule has 0 bridgehead atoms. The van der Waals surface area contributed by atoms with Crippen LogP contribution >= 0.6 is 11.6 Å². The largest absolute Gasteiger partial charge is 0.338 e. The highest BCUT2D eigenvalue weighted by molar-refractivity contribution is 6.32. The fraction of sp³-hybridized carbons (Fsp3) is 0.462. The van der Waals surface area contributed by atoms with Gasteiger partial charge in [0, 0.05) is 12.7 Å². The molecular formula is C13H17ClN4O. The van der Waals surface area contributed by atoms with Crippen LogP contribution in [0.3, 0.4) is 0 Å². The van der Waals surface area contributed by atoms with Gasteiger partial charge in [-0.3, -0.25) is 4.98 Å². The van der Waals surface area contributed by atoms with Gasteiger partial charge in [-0.05, 0) is 25.0 Å². The summed E-state index contributed by atoms with van der Waals surface area (Å²) in [6.07, 6.45) is 3.34. The minimum atomic E-state index is -0.271. The van der Waals surface area contributed by atoms with E-state index < -0.39 is 0 Å². The molecule has 0 aliphatic carbocycles. The molecule has 19 heavy (non-hydrogen) atoms. The first-order valence-corrected chi connectivity index (χ1v) is 6.69. The van der Waals surface area contributed by atoms with Crippen molar-refractivity contribution in [1.82, 2.24) is 15.1 Å². The van der Waals surface area contributed by atoms with Crippen LogP contribution < -0.4 is 5.73 Å². The second kappa shape index (κ2) is 5.67. The number of rotatable bonds is 5. The van der Waals surface area contributed by atoms with Gasteiger partial charge in [-0.1, -0.05) is 30.6 Å². The fourth-order valence-corrected chi connectivity index (χ4v) is 2.22. The SMILES string of the molecule is CCC(CC)(CN)c1nc(-c2ncccc2Cl)no1. The maximum absolute atomic E-state index is 6.08. The van der Waals surface area contributed by atoms with Crippen molar-refractivity contribution in [3.8, 4) is 11.5 Å². The van der Waals surface area contributed by atoms with Gasteiger partial charge in [0.05, 0.1) is 10.4 Å². The second-order valence-electron chi connectivity index (χ2n) is 4.45.